The summed E-state index contributed by atoms with van der Waals surface area (Å²) >= 11 is 0. The van der Waals surface area contributed by atoms with Crippen molar-refractivity contribution < 1.29 is 9.59 Å². The van der Waals surface area contributed by atoms with Gasteiger partial charge in [-0.25, -0.2) is 0 Å². The minimum atomic E-state index is -0.380. The van der Waals surface area contributed by atoms with Gasteiger partial charge in [0.05, 0.1) is 12.5 Å². The molecular weight excluding hydrogens is 372 g/mol. The summed E-state index contributed by atoms with van der Waals surface area (Å²) in [5, 5.41) is 6.22. The van der Waals surface area contributed by atoms with Crippen LogP contribution in [0.3, 0.4) is 0 Å². The fraction of sp³-hybridized carbons (Fsp3) is 0.231. The Balaban J connectivity index is 1.43. The van der Waals surface area contributed by atoms with E-state index in [1.165, 1.54) is 11.1 Å². The van der Waals surface area contributed by atoms with Crippen LogP contribution >= 0.6 is 0 Å². The first-order valence-electron chi connectivity index (χ1n) is 10.5. The topological polar surface area (TPSA) is 58.2 Å². The number of fused-ring (bicyclic) bond motifs is 1. The zero-order valence-corrected chi connectivity index (χ0v) is 16.9. The molecule has 0 aromatic heterocycles. The highest BCUT2D eigenvalue weighted by atomic mass is 16.2. The molecule has 30 heavy (non-hydrogen) atoms. The zero-order chi connectivity index (χ0) is 20.8. The van der Waals surface area contributed by atoms with E-state index in [2.05, 4.69) is 28.8 Å². The van der Waals surface area contributed by atoms with Crippen molar-refractivity contribution in [2.24, 2.45) is 0 Å². The van der Waals surface area contributed by atoms with E-state index >= 15 is 0 Å². The second-order valence-corrected chi connectivity index (χ2v) is 7.78. The number of aryl methyl sites for hydroxylation is 1. The molecule has 0 saturated carbocycles. The van der Waals surface area contributed by atoms with Gasteiger partial charge in [0.2, 0.25) is 5.91 Å². The van der Waals surface area contributed by atoms with Crippen molar-refractivity contribution in [1.29, 1.82) is 0 Å². The number of amides is 2. The van der Waals surface area contributed by atoms with Gasteiger partial charge >= 0.3 is 0 Å². The third-order valence-electron chi connectivity index (χ3n) is 5.64. The summed E-state index contributed by atoms with van der Waals surface area (Å²) in [5.41, 5.74) is 4.19. The first-order chi connectivity index (χ1) is 14.7. The number of benzene rings is 3. The van der Waals surface area contributed by atoms with Crippen LogP contribution in [0.15, 0.2) is 84.9 Å². The third kappa shape index (κ3) is 4.95. The molecule has 4 heteroatoms. The maximum absolute atomic E-state index is 12.9. The average Bonchev–Trinajstić information content (AvgIpc) is 2.79. The summed E-state index contributed by atoms with van der Waals surface area (Å²) in [6.45, 7) is 0. The van der Waals surface area contributed by atoms with Crippen LogP contribution in [0.2, 0.25) is 0 Å². The Labute approximate surface area is 177 Å². The predicted octanol–water partition coefficient (Wildman–Crippen LogP) is 4.22. The smallest absolute Gasteiger partial charge is 0.251 e. The van der Waals surface area contributed by atoms with Crippen LogP contribution in [0.5, 0.6) is 0 Å². The van der Waals surface area contributed by atoms with Gasteiger partial charge in [-0.1, -0.05) is 72.8 Å². The lowest BCUT2D eigenvalue weighted by Gasteiger charge is -2.26. The Bertz CT molecular complexity index is 1000. The number of hydrogen-bond donors (Lipinski definition) is 2. The number of hydrogen-bond acceptors (Lipinski definition) is 2. The lowest BCUT2D eigenvalue weighted by Crippen LogP contribution is -2.41. The van der Waals surface area contributed by atoms with Crippen LogP contribution in [0.4, 0.5) is 0 Å². The molecule has 1 aliphatic rings. The molecule has 1 aliphatic carbocycles. The maximum Gasteiger partial charge on any atom is 0.251 e. The molecule has 0 spiro atoms. The largest absolute Gasteiger partial charge is 0.353 e. The molecule has 3 aromatic carbocycles. The van der Waals surface area contributed by atoms with E-state index in [1.807, 2.05) is 54.6 Å². The summed E-state index contributed by atoms with van der Waals surface area (Å²) in [7, 11) is 0. The fourth-order valence-electron chi connectivity index (χ4n) is 4.06. The highest BCUT2D eigenvalue weighted by molar-refractivity contribution is 5.94. The Hall–Kier alpha value is -3.40. The highest BCUT2D eigenvalue weighted by Crippen LogP contribution is 2.22. The summed E-state index contributed by atoms with van der Waals surface area (Å²) in [4.78, 5) is 25.6. The van der Waals surface area contributed by atoms with Gasteiger partial charge in [0.1, 0.15) is 0 Å². The zero-order valence-electron chi connectivity index (χ0n) is 16.9. The Morgan fingerprint density at radius 3 is 2.20 bits per heavy atom. The van der Waals surface area contributed by atoms with E-state index in [9.17, 15) is 9.59 Å². The molecule has 0 heterocycles. The van der Waals surface area contributed by atoms with Gasteiger partial charge in [-0.15, -0.1) is 0 Å². The van der Waals surface area contributed by atoms with Gasteiger partial charge in [-0.05, 0) is 48.1 Å². The first kappa shape index (κ1) is 19.9. The molecular formula is C26H26N2O2. The van der Waals surface area contributed by atoms with Crippen LogP contribution in [-0.4, -0.2) is 17.9 Å². The minimum absolute atomic E-state index is 0.0402. The molecule has 4 nitrogen and oxygen atoms in total. The van der Waals surface area contributed by atoms with Gasteiger partial charge in [-0.3, -0.25) is 9.59 Å². The van der Waals surface area contributed by atoms with Gasteiger partial charge in [-0.2, -0.15) is 0 Å². The quantitative estimate of drug-likeness (QED) is 0.653. The molecule has 0 radical (unpaired) electrons. The molecule has 152 valence electrons. The van der Waals surface area contributed by atoms with Crippen molar-refractivity contribution >= 4 is 11.8 Å². The van der Waals surface area contributed by atoms with Crippen molar-refractivity contribution in [3.63, 3.8) is 0 Å². The molecule has 3 aromatic rings. The number of carbonyl (C=O) groups is 2. The highest BCUT2D eigenvalue weighted by Gasteiger charge is 2.23. The fourth-order valence-corrected chi connectivity index (χ4v) is 4.06. The normalized spacial score (nSPS) is 16.2. The average molecular weight is 399 g/mol. The standard InChI is InChI=1S/C26H26N2O2/c29-25(27-23-16-15-19-9-7-8-14-22(19)17-23)18-24(20-10-3-1-4-11-20)28-26(30)21-12-5-2-6-13-21/h1-14,23-24H,15-18H2,(H,27,29)(H,28,30). The lowest BCUT2D eigenvalue weighted by molar-refractivity contribution is -0.122. The molecule has 0 saturated heterocycles. The predicted molar refractivity (Wildman–Crippen MR) is 118 cm³/mol. The van der Waals surface area contributed by atoms with Crippen molar-refractivity contribution in [3.8, 4) is 0 Å². The number of carbonyl (C=O) groups excluding carboxylic acids is 2. The van der Waals surface area contributed by atoms with E-state index in [-0.39, 0.29) is 30.3 Å². The monoisotopic (exact) mass is 398 g/mol. The van der Waals surface area contributed by atoms with E-state index in [0.29, 0.717) is 5.56 Å². The molecule has 0 aliphatic heterocycles. The summed E-state index contributed by atoms with van der Waals surface area (Å²) in [6.07, 6.45) is 2.98. The SMILES string of the molecule is O=C(CC(NC(=O)c1ccccc1)c1ccccc1)NC1CCc2ccccc2C1. The second kappa shape index (κ2) is 9.40. The van der Waals surface area contributed by atoms with Crippen molar-refractivity contribution in [3.05, 3.63) is 107 Å². The number of rotatable bonds is 6. The summed E-state index contributed by atoms with van der Waals surface area (Å²) < 4.78 is 0. The van der Waals surface area contributed by atoms with Gasteiger partial charge in [0, 0.05) is 11.6 Å². The Morgan fingerprint density at radius 1 is 0.833 bits per heavy atom. The second-order valence-electron chi connectivity index (χ2n) is 7.78. The van der Waals surface area contributed by atoms with E-state index < -0.39 is 0 Å². The Kier molecular flexibility index (Phi) is 6.23. The van der Waals surface area contributed by atoms with E-state index in [4.69, 9.17) is 0 Å². The van der Waals surface area contributed by atoms with Crippen LogP contribution in [0, 0.1) is 0 Å². The maximum atomic E-state index is 12.9. The molecule has 2 N–H and O–H groups in total. The van der Waals surface area contributed by atoms with Crippen molar-refractivity contribution in [1.82, 2.24) is 10.6 Å². The molecule has 2 unspecified atom stereocenters. The Morgan fingerprint density at radius 2 is 1.47 bits per heavy atom. The van der Waals surface area contributed by atoms with Crippen molar-refractivity contribution in [2.75, 3.05) is 0 Å². The van der Waals surface area contributed by atoms with Crippen LogP contribution in [0.1, 0.15) is 45.9 Å². The molecule has 2 amide bonds. The van der Waals surface area contributed by atoms with E-state index in [1.54, 1.807) is 12.1 Å². The van der Waals surface area contributed by atoms with Gasteiger partial charge in [0.15, 0.2) is 0 Å². The van der Waals surface area contributed by atoms with Crippen LogP contribution in [-0.2, 0) is 17.6 Å². The minimum Gasteiger partial charge on any atom is -0.353 e. The number of nitrogens with one attached hydrogen (secondary N) is 2. The van der Waals surface area contributed by atoms with Crippen molar-refractivity contribution in [2.45, 2.75) is 37.8 Å². The molecule has 0 bridgehead atoms. The molecule has 0 fully saturated rings. The molecule has 2 atom stereocenters. The summed E-state index contributed by atoms with van der Waals surface area (Å²) in [6, 6.07) is 26.9. The first-order valence-corrected chi connectivity index (χ1v) is 10.5. The summed E-state index contributed by atoms with van der Waals surface area (Å²) in [5.74, 6) is -0.217. The van der Waals surface area contributed by atoms with Crippen LogP contribution in [0.25, 0.3) is 0 Å². The van der Waals surface area contributed by atoms with Gasteiger partial charge in [0.25, 0.3) is 5.91 Å². The molecule has 4 rings (SSSR count). The van der Waals surface area contributed by atoms with E-state index in [0.717, 1.165) is 24.8 Å². The lowest BCUT2D eigenvalue weighted by atomic mass is 9.88. The third-order valence-corrected chi connectivity index (χ3v) is 5.64. The van der Waals surface area contributed by atoms with Crippen LogP contribution < -0.4 is 10.6 Å². The van der Waals surface area contributed by atoms with Gasteiger partial charge < -0.3 is 10.6 Å².